The van der Waals surface area contributed by atoms with E-state index in [1.54, 1.807) is 30.3 Å². The molecule has 0 radical (unpaired) electrons. The molecule has 0 bridgehead atoms. The van der Waals surface area contributed by atoms with E-state index >= 15 is 0 Å². The molecule has 0 saturated carbocycles. The van der Waals surface area contributed by atoms with E-state index in [2.05, 4.69) is 14.5 Å². The molecule has 4 rings (SSSR count). The lowest BCUT2D eigenvalue weighted by molar-refractivity contribution is 0.0697. The summed E-state index contributed by atoms with van der Waals surface area (Å²) in [5.41, 5.74) is 2.29. The van der Waals surface area contributed by atoms with E-state index in [-0.39, 0.29) is 11.5 Å². The molecule has 1 fully saturated rings. The number of hydrogen-bond donors (Lipinski definition) is 1. The Bertz CT molecular complexity index is 1060. The second-order valence-electron chi connectivity index (χ2n) is 7.47. The first-order chi connectivity index (χ1) is 14.0. The number of likely N-dealkylation sites (tertiary alicyclic amines) is 1. The second-order valence-corrected chi connectivity index (χ2v) is 7.47. The van der Waals surface area contributed by atoms with Crippen LogP contribution in [0.2, 0.25) is 0 Å². The van der Waals surface area contributed by atoms with Crippen LogP contribution < -0.4 is 0 Å². The van der Waals surface area contributed by atoms with Gasteiger partial charge in [-0.1, -0.05) is 12.1 Å². The van der Waals surface area contributed by atoms with E-state index in [9.17, 15) is 18.7 Å². The highest BCUT2D eigenvalue weighted by atomic mass is 19.2. The smallest absolute Gasteiger partial charge is 0.335 e. The van der Waals surface area contributed by atoms with Gasteiger partial charge in [-0.05, 0) is 68.6 Å². The van der Waals surface area contributed by atoms with Crippen LogP contribution in [0.5, 0.6) is 0 Å². The number of aromatic carboxylic acids is 1. The number of benzene rings is 2. The van der Waals surface area contributed by atoms with Crippen LogP contribution in [0.3, 0.4) is 0 Å². The Kier molecular flexibility index (Phi) is 5.32. The van der Waals surface area contributed by atoms with Crippen molar-refractivity contribution in [3.8, 4) is 0 Å². The molecule has 0 unspecified atom stereocenters. The molecule has 5 nitrogen and oxygen atoms in total. The van der Waals surface area contributed by atoms with Crippen LogP contribution >= 0.6 is 0 Å². The van der Waals surface area contributed by atoms with E-state index in [0.29, 0.717) is 17.6 Å². The minimum Gasteiger partial charge on any atom is -0.478 e. The molecule has 152 valence electrons. The SMILES string of the molecule is CCn1c(CN2CCC(c3cccc(F)c3F)CC2)nc2cc(C(=O)O)ccc21. The zero-order valence-corrected chi connectivity index (χ0v) is 16.2. The van der Waals surface area contributed by atoms with E-state index in [4.69, 9.17) is 0 Å². The summed E-state index contributed by atoms with van der Waals surface area (Å²) in [6.07, 6.45) is 1.52. The van der Waals surface area contributed by atoms with Crippen molar-refractivity contribution in [3.63, 3.8) is 0 Å². The van der Waals surface area contributed by atoms with Gasteiger partial charge in [-0.25, -0.2) is 18.6 Å². The standard InChI is InChI=1S/C22H23F2N3O2/c1-2-27-19-7-6-15(22(28)29)12-18(19)25-20(27)13-26-10-8-14(9-11-26)16-4-3-5-17(23)21(16)24/h3-7,12,14H,2,8-11,13H2,1H3,(H,28,29). The second kappa shape index (κ2) is 7.91. The fourth-order valence-corrected chi connectivity index (χ4v) is 4.22. The number of rotatable bonds is 5. The van der Waals surface area contributed by atoms with Crippen LogP contribution in [-0.4, -0.2) is 38.6 Å². The molecule has 29 heavy (non-hydrogen) atoms. The van der Waals surface area contributed by atoms with Crippen molar-refractivity contribution in [3.05, 3.63) is 65.0 Å². The Balaban J connectivity index is 1.50. The summed E-state index contributed by atoms with van der Waals surface area (Å²) in [4.78, 5) is 18.2. The summed E-state index contributed by atoms with van der Waals surface area (Å²) in [6, 6.07) is 9.40. The third-order valence-electron chi connectivity index (χ3n) is 5.76. The number of piperidine rings is 1. The third kappa shape index (κ3) is 3.74. The van der Waals surface area contributed by atoms with Crippen molar-refractivity contribution >= 4 is 17.0 Å². The molecule has 0 spiro atoms. The lowest BCUT2D eigenvalue weighted by atomic mass is 9.89. The van der Waals surface area contributed by atoms with Crippen LogP contribution in [0.4, 0.5) is 8.78 Å². The molecule has 0 aliphatic carbocycles. The van der Waals surface area contributed by atoms with Gasteiger partial charge in [-0.15, -0.1) is 0 Å². The van der Waals surface area contributed by atoms with Gasteiger partial charge in [0.25, 0.3) is 0 Å². The molecule has 0 atom stereocenters. The van der Waals surface area contributed by atoms with Crippen LogP contribution in [0, 0.1) is 11.6 Å². The Morgan fingerprint density at radius 3 is 2.66 bits per heavy atom. The van der Waals surface area contributed by atoms with Crippen molar-refractivity contribution in [1.29, 1.82) is 0 Å². The molecule has 0 amide bonds. The van der Waals surface area contributed by atoms with Crippen LogP contribution in [0.1, 0.15) is 47.4 Å². The normalized spacial score (nSPS) is 15.8. The maximum absolute atomic E-state index is 14.1. The lowest BCUT2D eigenvalue weighted by Crippen LogP contribution is -2.33. The molecular weight excluding hydrogens is 376 g/mol. The summed E-state index contributed by atoms with van der Waals surface area (Å²) in [6.45, 7) is 4.96. The minimum atomic E-state index is -0.967. The van der Waals surface area contributed by atoms with Gasteiger partial charge in [0, 0.05) is 6.54 Å². The molecule has 1 aliphatic heterocycles. The van der Waals surface area contributed by atoms with Crippen LogP contribution in [-0.2, 0) is 13.1 Å². The number of aryl methyl sites for hydroxylation is 1. The van der Waals surface area contributed by atoms with E-state index < -0.39 is 17.6 Å². The summed E-state index contributed by atoms with van der Waals surface area (Å²) >= 11 is 0. The molecule has 1 aliphatic rings. The fraction of sp³-hybridized carbons (Fsp3) is 0.364. The van der Waals surface area contributed by atoms with E-state index in [1.165, 1.54) is 0 Å². The number of carboxylic acids is 1. The van der Waals surface area contributed by atoms with Gasteiger partial charge in [-0.3, -0.25) is 4.90 Å². The number of aromatic nitrogens is 2. The van der Waals surface area contributed by atoms with Crippen molar-refractivity contribution in [2.75, 3.05) is 13.1 Å². The molecular formula is C22H23F2N3O2. The predicted molar refractivity (Wildman–Crippen MR) is 106 cm³/mol. The van der Waals surface area contributed by atoms with Gasteiger partial charge in [0.15, 0.2) is 11.6 Å². The van der Waals surface area contributed by atoms with Gasteiger partial charge in [0.1, 0.15) is 5.82 Å². The quantitative estimate of drug-likeness (QED) is 0.690. The molecule has 1 aromatic heterocycles. The largest absolute Gasteiger partial charge is 0.478 e. The van der Waals surface area contributed by atoms with Crippen molar-refractivity contribution < 1.29 is 18.7 Å². The molecule has 2 aromatic carbocycles. The predicted octanol–water partition coefficient (Wildman–Crippen LogP) is 4.41. The van der Waals surface area contributed by atoms with E-state index in [1.807, 2.05) is 6.92 Å². The van der Waals surface area contributed by atoms with Crippen molar-refractivity contribution in [1.82, 2.24) is 14.5 Å². The van der Waals surface area contributed by atoms with Crippen molar-refractivity contribution in [2.24, 2.45) is 0 Å². The van der Waals surface area contributed by atoms with Gasteiger partial charge in [0.2, 0.25) is 0 Å². The molecule has 1 N–H and O–H groups in total. The number of nitrogens with zero attached hydrogens (tertiary/aromatic N) is 3. The van der Waals surface area contributed by atoms with Crippen molar-refractivity contribution in [2.45, 2.75) is 38.8 Å². The Labute approximate surface area is 167 Å². The highest BCUT2D eigenvalue weighted by molar-refractivity contribution is 5.92. The number of hydrogen-bond acceptors (Lipinski definition) is 3. The highest BCUT2D eigenvalue weighted by Gasteiger charge is 2.25. The Morgan fingerprint density at radius 2 is 1.97 bits per heavy atom. The van der Waals surface area contributed by atoms with Gasteiger partial charge < -0.3 is 9.67 Å². The molecule has 3 aromatic rings. The summed E-state index contributed by atoms with van der Waals surface area (Å²) in [7, 11) is 0. The minimum absolute atomic E-state index is 0.0186. The molecule has 1 saturated heterocycles. The van der Waals surface area contributed by atoms with Crippen LogP contribution in [0.15, 0.2) is 36.4 Å². The Morgan fingerprint density at radius 1 is 1.21 bits per heavy atom. The van der Waals surface area contributed by atoms with E-state index in [0.717, 1.165) is 49.9 Å². The Hall–Kier alpha value is -2.80. The number of imidazole rings is 1. The summed E-state index contributed by atoms with van der Waals surface area (Å²) < 4.78 is 29.7. The maximum atomic E-state index is 14.1. The zero-order valence-electron chi connectivity index (χ0n) is 16.2. The average Bonchev–Trinajstić information content (AvgIpc) is 3.06. The first kappa shape index (κ1) is 19.5. The zero-order chi connectivity index (χ0) is 20.5. The monoisotopic (exact) mass is 399 g/mol. The van der Waals surface area contributed by atoms with Crippen LogP contribution in [0.25, 0.3) is 11.0 Å². The van der Waals surface area contributed by atoms with Gasteiger partial charge in [-0.2, -0.15) is 0 Å². The number of halogens is 2. The third-order valence-corrected chi connectivity index (χ3v) is 5.76. The lowest BCUT2D eigenvalue weighted by Gasteiger charge is -2.32. The first-order valence-electron chi connectivity index (χ1n) is 9.86. The first-order valence-corrected chi connectivity index (χ1v) is 9.86. The topological polar surface area (TPSA) is 58.4 Å². The molecule has 7 heteroatoms. The number of carboxylic acid groups (broad SMARTS) is 1. The van der Waals surface area contributed by atoms with Gasteiger partial charge in [0.05, 0.1) is 23.1 Å². The van der Waals surface area contributed by atoms with Gasteiger partial charge >= 0.3 is 5.97 Å². The summed E-state index contributed by atoms with van der Waals surface area (Å²) in [5.74, 6) is -1.58. The average molecular weight is 399 g/mol. The maximum Gasteiger partial charge on any atom is 0.335 e. The summed E-state index contributed by atoms with van der Waals surface area (Å²) in [5, 5.41) is 9.20. The number of carbonyl (C=O) groups is 1. The highest BCUT2D eigenvalue weighted by Crippen LogP contribution is 2.31. The fourth-order valence-electron chi connectivity index (χ4n) is 4.22. The number of fused-ring (bicyclic) bond motifs is 1. The molecule has 2 heterocycles.